The zero-order chi connectivity index (χ0) is 7.56. The van der Waals surface area contributed by atoms with Crippen LogP contribution in [-0.2, 0) is 0 Å². The number of aromatic nitrogens is 2. The van der Waals surface area contributed by atoms with Crippen molar-refractivity contribution in [2.45, 2.75) is 3.74 Å². The monoisotopic (exact) mass is 284 g/mol. The summed E-state index contributed by atoms with van der Waals surface area (Å²) in [5.74, 6) is 0. The molecule has 0 aromatic carbocycles. The minimum Gasteiger partial charge on any atom is -0.227 e. The van der Waals surface area contributed by atoms with Gasteiger partial charge in [-0.2, -0.15) is 0 Å². The Balaban J connectivity index is 2.96. The molecule has 0 bridgehead atoms. The van der Waals surface area contributed by atoms with E-state index in [-0.39, 0.29) is 9.02 Å². The second-order valence-corrected chi connectivity index (χ2v) is 4.95. The van der Waals surface area contributed by atoms with Crippen LogP contribution in [0.5, 0.6) is 0 Å². The van der Waals surface area contributed by atoms with E-state index in [9.17, 15) is 0 Å². The number of rotatable bonds is 1. The molecule has 5 heteroatoms. The van der Waals surface area contributed by atoms with E-state index in [0.717, 1.165) is 5.69 Å². The molecule has 0 unspecified atom stereocenters. The van der Waals surface area contributed by atoms with Crippen molar-refractivity contribution in [2.24, 2.45) is 0 Å². The number of halogens is 3. The van der Waals surface area contributed by atoms with Crippen molar-refractivity contribution in [2.75, 3.05) is 0 Å². The Kier molecular flexibility index (Phi) is 3.07. The largest absolute Gasteiger partial charge is 0.227 e. The average molecular weight is 286 g/mol. The molecule has 10 heavy (non-hydrogen) atoms. The smallest absolute Gasteiger partial charge is 0.222 e. The molecule has 54 valence electrons. The molecule has 0 atom stereocenters. The van der Waals surface area contributed by atoms with Gasteiger partial charge >= 0.3 is 0 Å². The third-order valence-corrected chi connectivity index (χ3v) is 1.99. The second kappa shape index (κ2) is 3.64. The van der Waals surface area contributed by atoms with Crippen LogP contribution in [-0.4, -0.2) is 9.97 Å². The predicted octanol–water partition coefficient (Wildman–Crippen LogP) is 2.92. The number of hydrogen-bond acceptors (Lipinski definition) is 2. The van der Waals surface area contributed by atoms with Gasteiger partial charge in [0.2, 0.25) is 5.28 Å². The summed E-state index contributed by atoms with van der Waals surface area (Å²) >= 11 is 12.1. The summed E-state index contributed by atoms with van der Waals surface area (Å²) < 4.78 is 0.0421. The van der Waals surface area contributed by atoms with Crippen LogP contribution in [0.4, 0.5) is 0 Å². The van der Waals surface area contributed by atoms with Gasteiger partial charge in [-0.25, -0.2) is 9.97 Å². The molecule has 0 aliphatic heterocycles. The molecule has 0 N–H and O–H groups in total. The van der Waals surface area contributed by atoms with Crippen molar-refractivity contribution in [1.29, 1.82) is 0 Å². The van der Waals surface area contributed by atoms with E-state index >= 15 is 0 Å². The van der Waals surface area contributed by atoms with Crippen molar-refractivity contribution < 1.29 is 0 Å². The van der Waals surface area contributed by atoms with Crippen LogP contribution in [0.2, 0.25) is 5.28 Å². The zero-order valence-corrected chi connectivity index (χ0v) is 8.69. The first kappa shape index (κ1) is 8.43. The van der Waals surface area contributed by atoms with Gasteiger partial charge in [0.05, 0.1) is 5.69 Å². The molecule has 0 fully saturated rings. The van der Waals surface area contributed by atoms with E-state index in [1.165, 1.54) is 0 Å². The Hall–Kier alpha value is 0.330. The van der Waals surface area contributed by atoms with Crippen molar-refractivity contribution >= 4 is 43.5 Å². The summed E-state index contributed by atoms with van der Waals surface area (Å²) in [5.41, 5.74) is 0.819. The lowest BCUT2D eigenvalue weighted by Gasteiger charge is -1.98. The quantitative estimate of drug-likeness (QED) is 0.586. The maximum absolute atomic E-state index is 5.53. The van der Waals surface area contributed by atoms with Gasteiger partial charge in [0.15, 0.2) is 0 Å². The fraction of sp³-hybridized carbons (Fsp3) is 0.200. The van der Waals surface area contributed by atoms with Gasteiger partial charge in [-0.3, -0.25) is 0 Å². The zero-order valence-electron chi connectivity index (χ0n) is 4.76. The van der Waals surface area contributed by atoms with Gasteiger partial charge in [-0.15, -0.1) is 0 Å². The lowest BCUT2D eigenvalue weighted by Crippen LogP contribution is -1.88. The highest BCUT2D eigenvalue weighted by atomic mass is 79.9. The molecule has 0 aliphatic rings. The first-order valence-corrected chi connectivity index (χ1v) is 4.67. The van der Waals surface area contributed by atoms with Crippen LogP contribution < -0.4 is 0 Å². The van der Waals surface area contributed by atoms with Crippen LogP contribution in [0, 0.1) is 0 Å². The Morgan fingerprint density at radius 2 is 2.20 bits per heavy atom. The Morgan fingerprint density at radius 1 is 1.50 bits per heavy atom. The molecule has 0 saturated heterocycles. The summed E-state index contributed by atoms with van der Waals surface area (Å²) in [7, 11) is 0. The fourth-order valence-corrected chi connectivity index (χ4v) is 1.13. The van der Waals surface area contributed by atoms with Crippen LogP contribution in [0.25, 0.3) is 0 Å². The lowest BCUT2D eigenvalue weighted by atomic mass is 10.5. The average Bonchev–Trinajstić information content (AvgIpc) is 1.88. The maximum atomic E-state index is 5.53. The summed E-state index contributed by atoms with van der Waals surface area (Å²) in [4.78, 5) is 7.67. The minimum absolute atomic E-state index is 0.0421. The maximum Gasteiger partial charge on any atom is 0.222 e. The number of hydrogen-bond donors (Lipinski definition) is 0. The Labute approximate surface area is 80.3 Å². The first-order chi connectivity index (χ1) is 4.70. The van der Waals surface area contributed by atoms with E-state index in [4.69, 9.17) is 11.6 Å². The van der Waals surface area contributed by atoms with Gasteiger partial charge < -0.3 is 0 Å². The lowest BCUT2D eigenvalue weighted by molar-refractivity contribution is 1.09. The predicted molar refractivity (Wildman–Crippen MR) is 47.6 cm³/mol. The highest BCUT2D eigenvalue weighted by Gasteiger charge is 2.03. The van der Waals surface area contributed by atoms with E-state index in [0.29, 0.717) is 0 Å². The molecule has 0 amide bonds. The Bertz CT molecular complexity index is 229. The molecule has 0 radical (unpaired) electrons. The molecular weight excluding hydrogens is 283 g/mol. The van der Waals surface area contributed by atoms with Crippen molar-refractivity contribution in [3.05, 3.63) is 23.2 Å². The van der Waals surface area contributed by atoms with Gasteiger partial charge in [0.25, 0.3) is 0 Å². The van der Waals surface area contributed by atoms with Crippen LogP contribution in [0.3, 0.4) is 0 Å². The number of alkyl halides is 2. The van der Waals surface area contributed by atoms with Gasteiger partial charge in [0.1, 0.15) is 3.74 Å². The molecular formula is C5H3Br2ClN2. The summed E-state index contributed by atoms with van der Waals surface area (Å²) in [6.07, 6.45) is 1.61. The van der Waals surface area contributed by atoms with E-state index in [1.54, 1.807) is 12.3 Å². The van der Waals surface area contributed by atoms with Crippen LogP contribution in [0.1, 0.15) is 9.43 Å². The summed E-state index contributed by atoms with van der Waals surface area (Å²) in [6.45, 7) is 0. The molecule has 1 rings (SSSR count). The third-order valence-electron chi connectivity index (χ3n) is 0.871. The number of nitrogens with zero attached hydrogens (tertiary/aromatic N) is 2. The van der Waals surface area contributed by atoms with E-state index < -0.39 is 0 Å². The topological polar surface area (TPSA) is 25.8 Å². The van der Waals surface area contributed by atoms with E-state index in [2.05, 4.69) is 41.8 Å². The highest BCUT2D eigenvalue weighted by Crippen LogP contribution is 2.27. The molecule has 1 aromatic rings. The molecule has 0 spiro atoms. The van der Waals surface area contributed by atoms with Gasteiger partial charge in [-0.05, 0) is 17.7 Å². The summed E-state index contributed by atoms with van der Waals surface area (Å²) in [5, 5.41) is 0.265. The normalized spacial score (nSPS) is 10.4. The second-order valence-electron chi connectivity index (χ2n) is 1.55. The SMILES string of the molecule is Clc1nccc(C(Br)Br)n1. The van der Waals surface area contributed by atoms with Crippen molar-refractivity contribution in [3.63, 3.8) is 0 Å². The molecule has 0 aliphatic carbocycles. The van der Waals surface area contributed by atoms with Crippen LogP contribution >= 0.6 is 43.5 Å². The summed E-state index contributed by atoms with van der Waals surface area (Å²) in [6, 6.07) is 1.78. The minimum atomic E-state index is 0.0421. The first-order valence-electron chi connectivity index (χ1n) is 2.47. The third kappa shape index (κ3) is 2.18. The van der Waals surface area contributed by atoms with E-state index in [1.807, 2.05) is 0 Å². The van der Waals surface area contributed by atoms with Crippen LogP contribution in [0.15, 0.2) is 12.3 Å². The molecule has 2 nitrogen and oxygen atoms in total. The fourth-order valence-electron chi connectivity index (χ4n) is 0.469. The van der Waals surface area contributed by atoms with Gasteiger partial charge in [0, 0.05) is 6.20 Å². The standard InChI is InChI=1S/C5H3Br2ClN2/c6-4(7)3-1-2-9-5(8)10-3/h1-2,4H. The molecule has 1 aromatic heterocycles. The molecule has 1 heterocycles. The molecule has 0 saturated carbocycles. The van der Waals surface area contributed by atoms with Crippen molar-refractivity contribution in [3.8, 4) is 0 Å². The van der Waals surface area contributed by atoms with Crippen molar-refractivity contribution in [1.82, 2.24) is 9.97 Å². The highest BCUT2D eigenvalue weighted by molar-refractivity contribution is 9.24. The Morgan fingerprint density at radius 3 is 2.60 bits per heavy atom. The van der Waals surface area contributed by atoms with Gasteiger partial charge in [-0.1, -0.05) is 31.9 Å².